The lowest BCUT2D eigenvalue weighted by Crippen LogP contribution is -2.22. The SMILES string of the molecule is CNC(c1cc(Cl)cc(Br)c1)C(C)c1ccccn1. The fourth-order valence-electron chi connectivity index (χ4n) is 2.28. The molecule has 0 aliphatic heterocycles. The highest BCUT2D eigenvalue weighted by molar-refractivity contribution is 9.10. The number of aromatic nitrogens is 1. The Morgan fingerprint density at radius 3 is 2.63 bits per heavy atom. The number of halogens is 2. The molecule has 2 atom stereocenters. The Hall–Kier alpha value is -0.900. The first kappa shape index (κ1) is 14.5. The number of likely N-dealkylation sites (N-methyl/N-ethyl adjacent to an activating group) is 1. The van der Waals surface area contributed by atoms with E-state index in [0.29, 0.717) is 0 Å². The first-order chi connectivity index (χ1) is 9.11. The van der Waals surface area contributed by atoms with Crippen molar-refractivity contribution in [1.82, 2.24) is 10.3 Å². The molecule has 19 heavy (non-hydrogen) atoms. The molecule has 2 aromatic rings. The maximum absolute atomic E-state index is 6.13. The standard InChI is InChI=1S/C15H16BrClN2/c1-10(14-5-3-4-6-19-14)15(18-2)11-7-12(16)9-13(17)8-11/h3-10,15,18H,1-2H3. The third kappa shape index (κ3) is 3.56. The summed E-state index contributed by atoms with van der Waals surface area (Å²) < 4.78 is 0.989. The Bertz CT molecular complexity index is 525. The molecule has 2 nitrogen and oxygen atoms in total. The second-order valence-corrected chi connectivity index (χ2v) is 5.86. The van der Waals surface area contributed by atoms with Crippen LogP contribution < -0.4 is 5.32 Å². The van der Waals surface area contributed by atoms with Gasteiger partial charge >= 0.3 is 0 Å². The van der Waals surface area contributed by atoms with Gasteiger partial charge in [0.15, 0.2) is 0 Å². The molecule has 1 aromatic carbocycles. The molecule has 0 amide bonds. The summed E-state index contributed by atoms with van der Waals surface area (Å²) in [5.74, 6) is 0.261. The molecule has 2 unspecified atom stereocenters. The monoisotopic (exact) mass is 338 g/mol. The molecule has 0 aliphatic rings. The van der Waals surface area contributed by atoms with Gasteiger partial charge in [0.1, 0.15) is 0 Å². The van der Waals surface area contributed by atoms with E-state index in [1.807, 2.05) is 37.5 Å². The van der Waals surface area contributed by atoms with E-state index in [0.717, 1.165) is 20.8 Å². The highest BCUT2D eigenvalue weighted by Crippen LogP contribution is 2.32. The lowest BCUT2D eigenvalue weighted by molar-refractivity contribution is 0.499. The quantitative estimate of drug-likeness (QED) is 0.883. The van der Waals surface area contributed by atoms with Crippen molar-refractivity contribution in [1.29, 1.82) is 0 Å². The predicted molar refractivity (Wildman–Crippen MR) is 83.6 cm³/mol. The third-order valence-corrected chi connectivity index (χ3v) is 3.89. The van der Waals surface area contributed by atoms with Gasteiger partial charge in [0, 0.05) is 33.3 Å². The average molecular weight is 340 g/mol. The van der Waals surface area contributed by atoms with Crippen LogP contribution in [0.5, 0.6) is 0 Å². The van der Waals surface area contributed by atoms with Crippen molar-refractivity contribution >= 4 is 27.5 Å². The van der Waals surface area contributed by atoms with E-state index in [-0.39, 0.29) is 12.0 Å². The summed E-state index contributed by atoms with van der Waals surface area (Å²) in [5.41, 5.74) is 2.22. The number of hydrogen-bond acceptors (Lipinski definition) is 2. The molecule has 0 saturated heterocycles. The van der Waals surface area contributed by atoms with Gasteiger partial charge in [-0.05, 0) is 42.9 Å². The fraction of sp³-hybridized carbons (Fsp3) is 0.267. The topological polar surface area (TPSA) is 24.9 Å². The number of hydrogen-bond donors (Lipinski definition) is 1. The summed E-state index contributed by atoms with van der Waals surface area (Å²) in [6, 6.07) is 12.1. The number of pyridine rings is 1. The maximum Gasteiger partial charge on any atom is 0.0450 e. The highest BCUT2D eigenvalue weighted by atomic mass is 79.9. The largest absolute Gasteiger partial charge is 0.312 e. The molecule has 1 N–H and O–H groups in total. The normalized spacial score (nSPS) is 14.1. The zero-order chi connectivity index (χ0) is 13.8. The highest BCUT2D eigenvalue weighted by Gasteiger charge is 2.20. The number of rotatable bonds is 4. The van der Waals surface area contributed by atoms with Crippen LogP contribution in [-0.4, -0.2) is 12.0 Å². The lowest BCUT2D eigenvalue weighted by atomic mass is 9.91. The van der Waals surface area contributed by atoms with E-state index >= 15 is 0 Å². The molecular formula is C15H16BrClN2. The summed E-state index contributed by atoms with van der Waals surface area (Å²) in [5, 5.41) is 4.09. The van der Waals surface area contributed by atoms with E-state index < -0.39 is 0 Å². The van der Waals surface area contributed by atoms with Gasteiger partial charge in [0.25, 0.3) is 0 Å². The maximum atomic E-state index is 6.13. The van der Waals surface area contributed by atoms with Crippen LogP contribution in [0.25, 0.3) is 0 Å². The molecule has 0 spiro atoms. The zero-order valence-electron chi connectivity index (χ0n) is 10.9. The average Bonchev–Trinajstić information content (AvgIpc) is 2.39. The van der Waals surface area contributed by atoms with Crippen LogP contribution in [0.2, 0.25) is 5.02 Å². The van der Waals surface area contributed by atoms with Gasteiger partial charge < -0.3 is 5.32 Å². The Balaban J connectivity index is 2.34. The second-order valence-electron chi connectivity index (χ2n) is 4.51. The molecule has 0 fully saturated rings. The van der Waals surface area contributed by atoms with Crippen LogP contribution in [0.4, 0.5) is 0 Å². The second kappa shape index (κ2) is 6.51. The van der Waals surface area contributed by atoms with Crippen LogP contribution in [-0.2, 0) is 0 Å². The Morgan fingerprint density at radius 2 is 2.05 bits per heavy atom. The van der Waals surface area contributed by atoms with Gasteiger partial charge in [0.2, 0.25) is 0 Å². The Kier molecular flexibility index (Phi) is 4.97. The van der Waals surface area contributed by atoms with E-state index in [4.69, 9.17) is 11.6 Å². The Labute approximate surface area is 127 Å². The van der Waals surface area contributed by atoms with E-state index in [1.54, 1.807) is 0 Å². The number of nitrogens with zero attached hydrogens (tertiary/aromatic N) is 1. The molecule has 1 aromatic heterocycles. The minimum Gasteiger partial charge on any atom is -0.312 e. The van der Waals surface area contributed by atoms with Gasteiger partial charge in [-0.15, -0.1) is 0 Å². The van der Waals surface area contributed by atoms with Crippen molar-refractivity contribution in [2.24, 2.45) is 0 Å². The van der Waals surface area contributed by atoms with Crippen molar-refractivity contribution < 1.29 is 0 Å². The van der Waals surface area contributed by atoms with E-state index in [1.165, 1.54) is 0 Å². The summed E-state index contributed by atoms with van der Waals surface area (Å²) in [7, 11) is 1.96. The summed E-state index contributed by atoms with van der Waals surface area (Å²) in [4.78, 5) is 4.43. The van der Waals surface area contributed by atoms with Crippen molar-refractivity contribution in [2.45, 2.75) is 18.9 Å². The Morgan fingerprint density at radius 1 is 1.26 bits per heavy atom. The first-order valence-corrected chi connectivity index (χ1v) is 7.33. The van der Waals surface area contributed by atoms with Crippen molar-refractivity contribution in [3.8, 4) is 0 Å². The van der Waals surface area contributed by atoms with Crippen LogP contribution in [0.1, 0.15) is 30.1 Å². The van der Waals surface area contributed by atoms with Crippen molar-refractivity contribution in [3.63, 3.8) is 0 Å². The summed E-state index contributed by atoms with van der Waals surface area (Å²) in [6.45, 7) is 2.16. The molecule has 4 heteroatoms. The minimum atomic E-state index is 0.171. The summed E-state index contributed by atoms with van der Waals surface area (Å²) >= 11 is 9.62. The van der Waals surface area contributed by atoms with Crippen molar-refractivity contribution in [3.05, 3.63) is 63.3 Å². The van der Waals surface area contributed by atoms with Gasteiger partial charge in [-0.3, -0.25) is 4.98 Å². The van der Waals surface area contributed by atoms with E-state index in [9.17, 15) is 0 Å². The molecular weight excluding hydrogens is 324 g/mol. The first-order valence-electron chi connectivity index (χ1n) is 6.16. The molecule has 2 rings (SSSR count). The van der Waals surface area contributed by atoms with E-state index in [2.05, 4.69) is 45.3 Å². The third-order valence-electron chi connectivity index (χ3n) is 3.21. The molecule has 0 saturated carbocycles. The smallest absolute Gasteiger partial charge is 0.0450 e. The predicted octanol–water partition coefficient (Wildman–Crippen LogP) is 4.56. The van der Waals surface area contributed by atoms with Gasteiger partial charge in [-0.2, -0.15) is 0 Å². The summed E-state index contributed by atoms with van der Waals surface area (Å²) in [6.07, 6.45) is 1.83. The van der Waals surface area contributed by atoms with Gasteiger partial charge in [-0.25, -0.2) is 0 Å². The molecule has 1 heterocycles. The van der Waals surface area contributed by atoms with Crippen molar-refractivity contribution in [2.75, 3.05) is 7.05 Å². The molecule has 0 aliphatic carbocycles. The van der Waals surface area contributed by atoms with Gasteiger partial charge in [0.05, 0.1) is 0 Å². The molecule has 0 bridgehead atoms. The van der Waals surface area contributed by atoms with Crippen LogP contribution in [0.3, 0.4) is 0 Å². The zero-order valence-corrected chi connectivity index (χ0v) is 13.2. The lowest BCUT2D eigenvalue weighted by Gasteiger charge is -2.24. The van der Waals surface area contributed by atoms with Crippen LogP contribution in [0, 0.1) is 0 Å². The van der Waals surface area contributed by atoms with Gasteiger partial charge in [-0.1, -0.05) is 40.5 Å². The molecule has 100 valence electrons. The van der Waals surface area contributed by atoms with Crippen LogP contribution in [0.15, 0.2) is 47.1 Å². The number of benzene rings is 1. The van der Waals surface area contributed by atoms with Crippen LogP contribution >= 0.6 is 27.5 Å². The number of nitrogens with one attached hydrogen (secondary N) is 1. The minimum absolute atomic E-state index is 0.171. The molecule has 0 radical (unpaired) electrons. The fourth-order valence-corrected chi connectivity index (χ4v) is 3.16.